The molecular formula is C10H14O2. The number of hydrogen-bond acceptors (Lipinski definition) is 2. The van der Waals surface area contributed by atoms with Crippen molar-refractivity contribution in [1.29, 1.82) is 0 Å². The Hall–Kier alpha value is -1.05. The number of carbonyl (C=O) groups excluding carboxylic acids is 1. The minimum atomic E-state index is -0.240. The number of esters is 1. The fraction of sp³-hybridized carbons (Fsp3) is 0.500. The summed E-state index contributed by atoms with van der Waals surface area (Å²) in [7, 11) is 0. The van der Waals surface area contributed by atoms with E-state index in [-0.39, 0.29) is 5.97 Å². The quantitative estimate of drug-likeness (QED) is 0.464. The average Bonchev–Trinajstić information content (AvgIpc) is 2.37. The van der Waals surface area contributed by atoms with Gasteiger partial charge < -0.3 is 4.74 Å². The summed E-state index contributed by atoms with van der Waals surface area (Å²) in [6.45, 7) is 6.12. The molecule has 0 aliphatic heterocycles. The van der Waals surface area contributed by atoms with Crippen LogP contribution in [0.3, 0.4) is 0 Å². The summed E-state index contributed by atoms with van der Waals surface area (Å²) in [5.41, 5.74) is 2.15. The van der Waals surface area contributed by atoms with Crippen LogP contribution in [0, 0.1) is 0 Å². The van der Waals surface area contributed by atoms with E-state index in [0.29, 0.717) is 6.61 Å². The third kappa shape index (κ3) is 2.22. The van der Waals surface area contributed by atoms with Crippen LogP contribution >= 0.6 is 0 Å². The van der Waals surface area contributed by atoms with Crippen molar-refractivity contribution in [3.8, 4) is 0 Å². The maximum absolute atomic E-state index is 11.0. The standard InChI is InChI=1S/C10H14O2/c1-3-12-10(11)7-9-6-4-5-8(9)2/h7H,2-6H2,1H3/b9-7+. The molecule has 0 N–H and O–H groups in total. The number of hydrogen-bond donors (Lipinski definition) is 0. The Kier molecular flexibility index (Phi) is 3.09. The van der Waals surface area contributed by atoms with Gasteiger partial charge in [0, 0.05) is 6.08 Å². The first-order valence-electron chi connectivity index (χ1n) is 4.29. The van der Waals surface area contributed by atoms with Gasteiger partial charge in [-0.05, 0) is 31.8 Å². The number of carbonyl (C=O) groups is 1. The molecule has 0 heterocycles. The van der Waals surface area contributed by atoms with E-state index >= 15 is 0 Å². The van der Waals surface area contributed by atoms with E-state index in [2.05, 4.69) is 6.58 Å². The monoisotopic (exact) mass is 166 g/mol. The zero-order valence-corrected chi connectivity index (χ0v) is 7.43. The Morgan fingerprint density at radius 2 is 2.42 bits per heavy atom. The molecule has 0 bridgehead atoms. The normalized spacial score (nSPS) is 20.1. The summed E-state index contributed by atoms with van der Waals surface area (Å²) >= 11 is 0. The molecule has 0 radical (unpaired) electrons. The molecule has 0 aromatic carbocycles. The number of rotatable bonds is 2. The van der Waals surface area contributed by atoms with Gasteiger partial charge in [-0.1, -0.05) is 12.2 Å². The average molecular weight is 166 g/mol. The molecule has 0 atom stereocenters. The minimum absolute atomic E-state index is 0.240. The third-order valence-electron chi connectivity index (χ3n) is 1.96. The van der Waals surface area contributed by atoms with Crippen molar-refractivity contribution >= 4 is 5.97 Å². The predicted octanol–water partition coefficient (Wildman–Crippen LogP) is 2.22. The van der Waals surface area contributed by atoms with Gasteiger partial charge >= 0.3 is 5.97 Å². The van der Waals surface area contributed by atoms with E-state index in [4.69, 9.17) is 4.74 Å². The summed E-state index contributed by atoms with van der Waals surface area (Å²) in [6, 6.07) is 0. The van der Waals surface area contributed by atoms with E-state index in [0.717, 1.165) is 30.4 Å². The lowest BCUT2D eigenvalue weighted by Gasteiger charge is -1.98. The second-order valence-electron chi connectivity index (χ2n) is 2.88. The molecule has 0 unspecified atom stereocenters. The smallest absolute Gasteiger partial charge is 0.331 e. The second-order valence-corrected chi connectivity index (χ2v) is 2.88. The van der Waals surface area contributed by atoms with Gasteiger partial charge in [0.25, 0.3) is 0 Å². The predicted molar refractivity (Wildman–Crippen MR) is 47.7 cm³/mol. The van der Waals surface area contributed by atoms with Crippen molar-refractivity contribution in [2.75, 3.05) is 6.61 Å². The zero-order valence-electron chi connectivity index (χ0n) is 7.43. The van der Waals surface area contributed by atoms with E-state index in [1.807, 2.05) is 0 Å². The summed E-state index contributed by atoms with van der Waals surface area (Å²) in [5, 5.41) is 0. The summed E-state index contributed by atoms with van der Waals surface area (Å²) in [6.07, 6.45) is 4.67. The first-order chi connectivity index (χ1) is 5.74. The fourth-order valence-corrected chi connectivity index (χ4v) is 1.33. The van der Waals surface area contributed by atoms with E-state index in [1.54, 1.807) is 13.0 Å². The highest BCUT2D eigenvalue weighted by Gasteiger charge is 2.12. The lowest BCUT2D eigenvalue weighted by Crippen LogP contribution is -2.00. The highest BCUT2D eigenvalue weighted by atomic mass is 16.5. The molecule has 0 amide bonds. The Balaban J connectivity index is 2.55. The van der Waals surface area contributed by atoms with Crippen LogP contribution in [0.1, 0.15) is 26.2 Å². The van der Waals surface area contributed by atoms with E-state index in [9.17, 15) is 4.79 Å². The zero-order chi connectivity index (χ0) is 8.97. The molecule has 66 valence electrons. The van der Waals surface area contributed by atoms with Crippen LogP contribution < -0.4 is 0 Å². The molecule has 1 saturated carbocycles. The van der Waals surface area contributed by atoms with Gasteiger partial charge in [0.1, 0.15) is 0 Å². The molecule has 0 aromatic heterocycles. The van der Waals surface area contributed by atoms with Crippen LogP contribution in [-0.4, -0.2) is 12.6 Å². The first kappa shape index (κ1) is 9.04. The van der Waals surface area contributed by atoms with Crippen molar-refractivity contribution in [3.63, 3.8) is 0 Å². The molecule has 0 saturated heterocycles. The van der Waals surface area contributed by atoms with Gasteiger partial charge in [-0.15, -0.1) is 0 Å². The van der Waals surface area contributed by atoms with Crippen molar-refractivity contribution in [1.82, 2.24) is 0 Å². The van der Waals surface area contributed by atoms with Crippen LogP contribution in [0.15, 0.2) is 23.8 Å². The molecule has 1 rings (SSSR count). The van der Waals surface area contributed by atoms with Crippen molar-refractivity contribution in [2.45, 2.75) is 26.2 Å². The van der Waals surface area contributed by atoms with Crippen molar-refractivity contribution in [3.05, 3.63) is 23.8 Å². The second kappa shape index (κ2) is 4.10. The fourth-order valence-electron chi connectivity index (χ4n) is 1.33. The van der Waals surface area contributed by atoms with Gasteiger partial charge in [-0.25, -0.2) is 4.79 Å². The highest BCUT2D eigenvalue weighted by molar-refractivity contribution is 5.83. The lowest BCUT2D eigenvalue weighted by atomic mass is 10.1. The van der Waals surface area contributed by atoms with E-state index in [1.165, 1.54) is 0 Å². The van der Waals surface area contributed by atoms with Gasteiger partial charge in [0.15, 0.2) is 0 Å². The minimum Gasteiger partial charge on any atom is -0.463 e. The Morgan fingerprint density at radius 3 is 2.92 bits per heavy atom. The summed E-state index contributed by atoms with van der Waals surface area (Å²) in [4.78, 5) is 11.0. The molecule has 2 heteroatoms. The molecule has 1 aliphatic rings. The van der Waals surface area contributed by atoms with Crippen LogP contribution in [0.25, 0.3) is 0 Å². The number of allylic oxidation sites excluding steroid dienone is 2. The molecular weight excluding hydrogens is 152 g/mol. The largest absolute Gasteiger partial charge is 0.463 e. The topological polar surface area (TPSA) is 26.3 Å². The van der Waals surface area contributed by atoms with Crippen LogP contribution in [0.2, 0.25) is 0 Å². The Labute approximate surface area is 72.9 Å². The SMILES string of the molecule is C=C1CCC/C1=C\C(=O)OCC. The maximum atomic E-state index is 11.0. The van der Waals surface area contributed by atoms with Gasteiger partial charge in [0.2, 0.25) is 0 Å². The first-order valence-corrected chi connectivity index (χ1v) is 4.29. The Morgan fingerprint density at radius 1 is 1.67 bits per heavy atom. The van der Waals surface area contributed by atoms with E-state index < -0.39 is 0 Å². The third-order valence-corrected chi connectivity index (χ3v) is 1.96. The number of ether oxygens (including phenoxy) is 1. The maximum Gasteiger partial charge on any atom is 0.331 e. The van der Waals surface area contributed by atoms with Crippen molar-refractivity contribution in [2.24, 2.45) is 0 Å². The van der Waals surface area contributed by atoms with Crippen molar-refractivity contribution < 1.29 is 9.53 Å². The van der Waals surface area contributed by atoms with Gasteiger partial charge in [0.05, 0.1) is 6.61 Å². The molecule has 2 nitrogen and oxygen atoms in total. The molecule has 1 aliphatic carbocycles. The Bertz CT molecular complexity index is 226. The van der Waals surface area contributed by atoms with Crippen LogP contribution in [0.5, 0.6) is 0 Å². The summed E-state index contributed by atoms with van der Waals surface area (Å²) in [5.74, 6) is -0.240. The van der Waals surface area contributed by atoms with Gasteiger partial charge in [-0.2, -0.15) is 0 Å². The van der Waals surface area contributed by atoms with Crippen LogP contribution in [-0.2, 0) is 9.53 Å². The molecule has 12 heavy (non-hydrogen) atoms. The van der Waals surface area contributed by atoms with Crippen LogP contribution in [0.4, 0.5) is 0 Å². The molecule has 1 fully saturated rings. The van der Waals surface area contributed by atoms with Gasteiger partial charge in [-0.3, -0.25) is 0 Å². The summed E-state index contributed by atoms with van der Waals surface area (Å²) < 4.78 is 4.80. The molecule has 0 spiro atoms. The molecule has 0 aromatic rings. The lowest BCUT2D eigenvalue weighted by molar-refractivity contribution is -0.137. The highest BCUT2D eigenvalue weighted by Crippen LogP contribution is 2.28.